The molecule has 0 heterocycles. The van der Waals surface area contributed by atoms with Gasteiger partial charge in [0.05, 0.1) is 12.7 Å². The molecule has 0 aromatic heterocycles. The second kappa shape index (κ2) is 11.3. The molecular weight excluding hydrogens is 426 g/mol. The molecule has 4 rings (SSSR count). The lowest BCUT2D eigenvalue weighted by molar-refractivity contribution is -0.145. The first-order valence-corrected chi connectivity index (χ1v) is 10.9. The fourth-order valence-electron chi connectivity index (χ4n) is 4.27. The Balaban J connectivity index is 0.00000289. The van der Waals surface area contributed by atoms with E-state index in [1.54, 1.807) is 6.92 Å². The van der Waals surface area contributed by atoms with Gasteiger partial charge in [0.25, 0.3) is 0 Å². The van der Waals surface area contributed by atoms with Gasteiger partial charge in [-0.25, -0.2) is 4.79 Å². The average Bonchev–Trinajstić information content (AvgIpc) is 2.80. The van der Waals surface area contributed by atoms with Gasteiger partial charge in [-0.3, -0.25) is 0 Å². The van der Waals surface area contributed by atoms with E-state index in [1.807, 2.05) is 36.4 Å². The highest BCUT2D eigenvalue weighted by atomic mass is 35.5. The lowest BCUT2D eigenvalue weighted by atomic mass is 9.88. The van der Waals surface area contributed by atoms with E-state index in [0.29, 0.717) is 18.9 Å². The van der Waals surface area contributed by atoms with Crippen molar-refractivity contribution in [3.63, 3.8) is 0 Å². The zero-order chi connectivity index (χ0) is 21.6. The van der Waals surface area contributed by atoms with Crippen LogP contribution in [0.15, 0.2) is 60.7 Å². The van der Waals surface area contributed by atoms with E-state index in [2.05, 4.69) is 29.6 Å². The SMILES string of the molecule is CCOC(=O)COc1ccc2c(c1)CC(NCC(O)c1cccc3ccccc13)CC2.Cl. The minimum atomic E-state index is -0.563. The van der Waals surface area contributed by atoms with Crippen LogP contribution in [0.1, 0.15) is 36.1 Å². The van der Waals surface area contributed by atoms with Crippen molar-refractivity contribution < 1.29 is 19.4 Å². The van der Waals surface area contributed by atoms with Crippen molar-refractivity contribution in [2.24, 2.45) is 0 Å². The van der Waals surface area contributed by atoms with Gasteiger partial charge in [-0.15, -0.1) is 12.4 Å². The van der Waals surface area contributed by atoms with Gasteiger partial charge in [0.1, 0.15) is 5.75 Å². The number of esters is 1. The number of hydrogen-bond donors (Lipinski definition) is 2. The standard InChI is InChI=1S/C26H29NO4.ClH/c1-2-30-26(29)17-31-22-13-11-18-10-12-21(14-20(18)15-22)27-16-25(28)24-9-5-7-19-6-3-4-8-23(19)24;/h3-9,11,13,15,21,25,27-28H,2,10,12,14,16-17H2,1H3;1H. The second-order valence-electron chi connectivity index (χ2n) is 7.96. The van der Waals surface area contributed by atoms with Crippen molar-refractivity contribution in [2.75, 3.05) is 19.8 Å². The summed E-state index contributed by atoms with van der Waals surface area (Å²) in [4.78, 5) is 11.5. The number of carbonyl (C=O) groups is 1. The van der Waals surface area contributed by atoms with Gasteiger partial charge in [-0.05, 0) is 65.8 Å². The monoisotopic (exact) mass is 455 g/mol. The first kappa shape index (κ1) is 24.1. The van der Waals surface area contributed by atoms with E-state index < -0.39 is 6.10 Å². The van der Waals surface area contributed by atoms with Crippen molar-refractivity contribution in [1.29, 1.82) is 0 Å². The Morgan fingerprint density at radius 1 is 1.12 bits per heavy atom. The third kappa shape index (κ3) is 5.80. The first-order valence-electron chi connectivity index (χ1n) is 10.9. The topological polar surface area (TPSA) is 67.8 Å². The van der Waals surface area contributed by atoms with Crippen LogP contribution >= 0.6 is 12.4 Å². The Labute approximate surface area is 195 Å². The van der Waals surface area contributed by atoms with E-state index >= 15 is 0 Å². The molecule has 6 heteroatoms. The number of halogens is 1. The zero-order valence-corrected chi connectivity index (χ0v) is 19.1. The number of hydrogen-bond acceptors (Lipinski definition) is 5. The zero-order valence-electron chi connectivity index (χ0n) is 18.3. The third-order valence-electron chi connectivity index (χ3n) is 5.85. The summed E-state index contributed by atoms with van der Waals surface area (Å²) in [5.74, 6) is 0.324. The van der Waals surface area contributed by atoms with Gasteiger partial charge in [0, 0.05) is 12.6 Å². The third-order valence-corrected chi connectivity index (χ3v) is 5.85. The van der Waals surface area contributed by atoms with Gasteiger partial charge in [0.15, 0.2) is 6.61 Å². The summed E-state index contributed by atoms with van der Waals surface area (Å²) in [5, 5.41) is 16.6. The van der Waals surface area contributed by atoms with Crippen molar-refractivity contribution in [1.82, 2.24) is 5.32 Å². The van der Waals surface area contributed by atoms with Crippen LogP contribution in [0.4, 0.5) is 0 Å². The van der Waals surface area contributed by atoms with E-state index in [9.17, 15) is 9.90 Å². The average molecular weight is 456 g/mol. The van der Waals surface area contributed by atoms with Crippen LogP contribution < -0.4 is 10.1 Å². The summed E-state index contributed by atoms with van der Waals surface area (Å²) < 4.78 is 10.5. The molecular formula is C26H30ClNO4. The van der Waals surface area contributed by atoms with Crippen molar-refractivity contribution in [3.05, 3.63) is 77.4 Å². The molecule has 0 fully saturated rings. The predicted octanol–water partition coefficient (Wildman–Crippen LogP) is 4.38. The fraction of sp³-hybridized carbons (Fsp3) is 0.346. The molecule has 2 atom stereocenters. The molecule has 2 unspecified atom stereocenters. The van der Waals surface area contributed by atoms with Crippen LogP contribution in [0.25, 0.3) is 10.8 Å². The quantitative estimate of drug-likeness (QED) is 0.493. The number of aliphatic hydroxyl groups is 1. The highest BCUT2D eigenvalue weighted by molar-refractivity contribution is 5.86. The number of ether oxygens (including phenoxy) is 2. The second-order valence-corrected chi connectivity index (χ2v) is 7.96. The molecule has 0 saturated carbocycles. The molecule has 0 bridgehead atoms. The molecule has 2 N–H and O–H groups in total. The van der Waals surface area contributed by atoms with Crippen LogP contribution in [-0.4, -0.2) is 36.9 Å². The lowest BCUT2D eigenvalue weighted by Crippen LogP contribution is -2.37. The molecule has 3 aromatic carbocycles. The van der Waals surface area contributed by atoms with E-state index in [0.717, 1.165) is 35.6 Å². The maximum atomic E-state index is 11.5. The molecule has 32 heavy (non-hydrogen) atoms. The molecule has 0 saturated heterocycles. The molecule has 0 amide bonds. The summed E-state index contributed by atoms with van der Waals surface area (Å²) in [6.07, 6.45) is 2.31. The number of aliphatic hydroxyl groups excluding tert-OH is 1. The minimum absolute atomic E-state index is 0. The van der Waals surface area contributed by atoms with Gasteiger partial charge in [0.2, 0.25) is 0 Å². The Morgan fingerprint density at radius 3 is 2.78 bits per heavy atom. The number of fused-ring (bicyclic) bond motifs is 2. The molecule has 170 valence electrons. The van der Waals surface area contributed by atoms with Gasteiger partial charge in [-0.1, -0.05) is 48.5 Å². The summed E-state index contributed by atoms with van der Waals surface area (Å²) >= 11 is 0. The molecule has 3 aromatic rings. The van der Waals surface area contributed by atoms with E-state index in [-0.39, 0.29) is 31.0 Å². The van der Waals surface area contributed by atoms with Crippen molar-refractivity contribution in [2.45, 2.75) is 38.3 Å². The molecule has 0 spiro atoms. The summed E-state index contributed by atoms with van der Waals surface area (Å²) in [6.45, 7) is 2.56. The van der Waals surface area contributed by atoms with Crippen LogP contribution in [0.2, 0.25) is 0 Å². The Hall–Kier alpha value is -2.60. The largest absolute Gasteiger partial charge is 0.482 e. The number of benzene rings is 3. The molecule has 0 aliphatic heterocycles. The van der Waals surface area contributed by atoms with Crippen LogP contribution in [-0.2, 0) is 22.4 Å². The molecule has 1 aliphatic carbocycles. The van der Waals surface area contributed by atoms with E-state index in [4.69, 9.17) is 9.47 Å². The number of aryl methyl sites for hydroxylation is 1. The maximum absolute atomic E-state index is 11.5. The first-order chi connectivity index (χ1) is 15.1. The van der Waals surface area contributed by atoms with Gasteiger partial charge >= 0.3 is 5.97 Å². The van der Waals surface area contributed by atoms with Gasteiger partial charge in [-0.2, -0.15) is 0 Å². The summed E-state index contributed by atoms with van der Waals surface area (Å²) in [5.41, 5.74) is 3.50. The number of rotatable bonds is 8. The maximum Gasteiger partial charge on any atom is 0.344 e. The Kier molecular flexibility index (Phi) is 8.51. The molecule has 5 nitrogen and oxygen atoms in total. The molecule has 1 aliphatic rings. The highest BCUT2D eigenvalue weighted by Crippen LogP contribution is 2.27. The fourth-order valence-corrected chi connectivity index (χ4v) is 4.27. The minimum Gasteiger partial charge on any atom is -0.482 e. The van der Waals surface area contributed by atoms with Crippen molar-refractivity contribution >= 4 is 29.1 Å². The predicted molar refractivity (Wildman–Crippen MR) is 129 cm³/mol. The summed E-state index contributed by atoms with van der Waals surface area (Å²) in [7, 11) is 0. The Morgan fingerprint density at radius 2 is 1.94 bits per heavy atom. The number of nitrogens with one attached hydrogen (secondary N) is 1. The van der Waals surface area contributed by atoms with Crippen molar-refractivity contribution in [3.8, 4) is 5.75 Å². The lowest BCUT2D eigenvalue weighted by Gasteiger charge is -2.27. The molecule has 0 radical (unpaired) electrons. The van der Waals surface area contributed by atoms with Crippen LogP contribution in [0, 0.1) is 0 Å². The van der Waals surface area contributed by atoms with Crippen LogP contribution in [0.5, 0.6) is 5.75 Å². The normalized spacial score (nSPS) is 16.0. The van der Waals surface area contributed by atoms with Crippen LogP contribution in [0.3, 0.4) is 0 Å². The van der Waals surface area contributed by atoms with E-state index in [1.165, 1.54) is 11.1 Å². The summed E-state index contributed by atoms with van der Waals surface area (Å²) in [6, 6.07) is 20.5. The number of carbonyl (C=O) groups excluding carboxylic acids is 1. The smallest absolute Gasteiger partial charge is 0.344 e. The van der Waals surface area contributed by atoms with Gasteiger partial charge < -0.3 is 19.9 Å². The highest BCUT2D eigenvalue weighted by Gasteiger charge is 2.21. The Bertz CT molecular complexity index is 1050.